The Bertz CT molecular complexity index is 192. The lowest BCUT2D eigenvalue weighted by molar-refractivity contribution is -0.282. The van der Waals surface area contributed by atoms with Gasteiger partial charge >= 0.3 is 11.8 Å². The van der Waals surface area contributed by atoms with Gasteiger partial charge in [-0.25, -0.2) is 4.39 Å². The van der Waals surface area contributed by atoms with Gasteiger partial charge in [0, 0.05) is 5.92 Å². The Balaban J connectivity index is 5.07. The summed E-state index contributed by atoms with van der Waals surface area (Å²) in [7, 11) is 0. The normalized spacial score (nSPS) is 16.9. The van der Waals surface area contributed by atoms with E-state index < -0.39 is 23.4 Å². The van der Waals surface area contributed by atoms with E-state index in [9.17, 15) is 22.0 Å². The van der Waals surface area contributed by atoms with Gasteiger partial charge in [0.1, 0.15) is 0 Å². The highest BCUT2D eigenvalue weighted by Gasteiger charge is 2.67. The summed E-state index contributed by atoms with van der Waals surface area (Å²) in [5, 5.41) is 0. The van der Waals surface area contributed by atoms with Crippen LogP contribution in [0.1, 0.15) is 34.1 Å². The SMILES string of the molecule is CCC(C)C(F)(F)C(F)(F)C(C)(C)F. The Morgan fingerprint density at radius 3 is 1.57 bits per heavy atom. The second kappa shape index (κ2) is 3.66. The van der Waals surface area contributed by atoms with Crippen molar-refractivity contribution in [2.75, 3.05) is 0 Å². The Kier molecular flexibility index (Phi) is 3.57. The van der Waals surface area contributed by atoms with Gasteiger partial charge in [-0.3, -0.25) is 0 Å². The van der Waals surface area contributed by atoms with Crippen LogP contribution in [-0.2, 0) is 0 Å². The van der Waals surface area contributed by atoms with E-state index in [2.05, 4.69) is 0 Å². The van der Waals surface area contributed by atoms with Gasteiger partial charge in [0.25, 0.3) is 0 Å². The molecule has 0 spiro atoms. The van der Waals surface area contributed by atoms with E-state index in [-0.39, 0.29) is 6.42 Å². The predicted molar refractivity (Wildman–Crippen MR) is 44.5 cm³/mol. The predicted octanol–water partition coefficient (Wildman–Crippen LogP) is 4.05. The van der Waals surface area contributed by atoms with Crippen LogP contribution in [0.3, 0.4) is 0 Å². The summed E-state index contributed by atoms with van der Waals surface area (Å²) in [6.45, 7) is 3.27. The summed E-state index contributed by atoms with van der Waals surface area (Å²) >= 11 is 0. The molecule has 0 fully saturated rings. The summed E-state index contributed by atoms with van der Waals surface area (Å²) in [6, 6.07) is 0. The van der Waals surface area contributed by atoms with Crippen molar-refractivity contribution in [1.82, 2.24) is 0 Å². The summed E-state index contributed by atoms with van der Waals surface area (Å²) in [6.07, 6.45) is -0.126. The lowest BCUT2D eigenvalue weighted by atomic mass is 9.87. The number of hydrogen-bond donors (Lipinski definition) is 0. The Labute approximate surface area is 80.5 Å². The van der Waals surface area contributed by atoms with Gasteiger partial charge in [0.15, 0.2) is 5.67 Å². The molecule has 5 heteroatoms. The zero-order valence-corrected chi connectivity index (χ0v) is 8.67. The Morgan fingerprint density at radius 1 is 1.00 bits per heavy atom. The smallest absolute Gasteiger partial charge is 0.238 e. The fourth-order valence-electron chi connectivity index (χ4n) is 0.962. The van der Waals surface area contributed by atoms with Crippen molar-refractivity contribution >= 4 is 0 Å². The topological polar surface area (TPSA) is 0 Å². The monoisotopic (exact) mass is 218 g/mol. The zero-order valence-electron chi connectivity index (χ0n) is 8.67. The van der Waals surface area contributed by atoms with Crippen molar-refractivity contribution in [2.45, 2.75) is 51.6 Å². The van der Waals surface area contributed by atoms with E-state index in [1.54, 1.807) is 0 Å². The molecule has 14 heavy (non-hydrogen) atoms. The molecule has 86 valence electrons. The van der Waals surface area contributed by atoms with Crippen molar-refractivity contribution in [2.24, 2.45) is 5.92 Å². The second-order valence-corrected chi connectivity index (χ2v) is 3.98. The zero-order chi connectivity index (χ0) is 11.8. The highest BCUT2D eigenvalue weighted by molar-refractivity contribution is 4.99. The first-order valence-electron chi connectivity index (χ1n) is 4.43. The molecule has 0 nitrogen and oxygen atoms in total. The van der Waals surface area contributed by atoms with Gasteiger partial charge in [-0.05, 0) is 20.3 Å². The third-order valence-corrected chi connectivity index (χ3v) is 2.40. The maximum Gasteiger partial charge on any atom is 0.342 e. The third kappa shape index (κ3) is 2.01. The van der Waals surface area contributed by atoms with E-state index in [1.807, 2.05) is 0 Å². The van der Waals surface area contributed by atoms with Crippen molar-refractivity contribution in [3.8, 4) is 0 Å². The first kappa shape index (κ1) is 13.7. The number of alkyl halides is 5. The highest BCUT2D eigenvalue weighted by Crippen LogP contribution is 2.48. The van der Waals surface area contributed by atoms with Gasteiger partial charge in [-0.2, -0.15) is 17.6 Å². The van der Waals surface area contributed by atoms with Crippen LogP contribution in [0.5, 0.6) is 0 Å². The van der Waals surface area contributed by atoms with Gasteiger partial charge in [0.05, 0.1) is 0 Å². The fraction of sp³-hybridized carbons (Fsp3) is 1.00. The molecule has 0 amide bonds. The molecular weight excluding hydrogens is 203 g/mol. The Morgan fingerprint density at radius 2 is 1.36 bits per heavy atom. The summed E-state index contributed by atoms with van der Waals surface area (Å²) in [5.74, 6) is -10.5. The Hall–Kier alpha value is -0.350. The van der Waals surface area contributed by atoms with Gasteiger partial charge in [0.2, 0.25) is 0 Å². The third-order valence-electron chi connectivity index (χ3n) is 2.40. The van der Waals surface area contributed by atoms with Crippen molar-refractivity contribution < 1.29 is 22.0 Å². The van der Waals surface area contributed by atoms with Crippen LogP contribution in [0, 0.1) is 5.92 Å². The van der Waals surface area contributed by atoms with Crippen LogP contribution in [0.4, 0.5) is 22.0 Å². The minimum Gasteiger partial charge on any atom is -0.238 e. The fourth-order valence-corrected chi connectivity index (χ4v) is 0.962. The largest absolute Gasteiger partial charge is 0.342 e. The molecular formula is C9H15F5. The van der Waals surface area contributed by atoms with Crippen LogP contribution >= 0.6 is 0 Å². The van der Waals surface area contributed by atoms with E-state index in [4.69, 9.17) is 0 Å². The average Bonchev–Trinajstić information content (AvgIpc) is 2.00. The standard InChI is InChI=1S/C9H15F5/c1-5-6(2)8(11,12)9(13,14)7(3,4)10/h6H,5H2,1-4H3. The lowest BCUT2D eigenvalue weighted by Gasteiger charge is -2.36. The van der Waals surface area contributed by atoms with Crippen LogP contribution < -0.4 is 0 Å². The molecule has 0 aliphatic carbocycles. The van der Waals surface area contributed by atoms with Crippen molar-refractivity contribution in [3.63, 3.8) is 0 Å². The molecule has 1 atom stereocenters. The van der Waals surface area contributed by atoms with E-state index in [0.29, 0.717) is 13.8 Å². The lowest BCUT2D eigenvalue weighted by Crippen LogP contribution is -2.56. The van der Waals surface area contributed by atoms with Crippen molar-refractivity contribution in [1.29, 1.82) is 0 Å². The second-order valence-electron chi connectivity index (χ2n) is 3.98. The first-order valence-corrected chi connectivity index (χ1v) is 4.43. The minimum absolute atomic E-state index is 0.126. The highest BCUT2D eigenvalue weighted by atomic mass is 19.3. The number of rotatable bonds is 4. The van der Waals surface area contributed by atoms with Crippen LogP contribution in [0.2, 0.25) is 0 Å². The van der Waals surface area contributed by atoms with Crippen LogP contribution in [-0.4, -0.2) is 17.5 Å². The number of hydrogen-bond acceptors (Lipinski definition) is 0. The maximum atomic E-state index is 13.1. The van der Waals surface area contributed by atoms with Gasteiger partial charge in [-0.15, -0.1) is 0 Å². The summed E-state index contributed by atoms with van der Waals surface area (Å²) in [5.41, 5.74) is -3.22. The summed E-state index contributed by atoms with van der Waals surface area (Å²) in [4.78, 5) is 0. The quantitative estimate of drug-likeness (QED) is 0.624. The molecule has 0 N–H and O–H groups in total. The van der Waals surface area contributed by atoms with Crippen LogP contribution in [0.15, 0.2) is 0 Å². The molecule has 0 bridgehead atoms. The maximum absolute atomic E-state index is 13.1. The molecule has 0 aliphatic rings. The van der Waals surface area contributed by atoms with E-state index >= 15 is 0 Å². The molecule has 0 aliphatic heterocycles. The molecule has 0 heterocycles. The molecule has 0 saturated heterocycles. The first-order chi connectivity index (χ1) is 5.98. The molecule has 0 radical (unpaired) electrons. The van der Waals surface area contributed by atoms with Crippen molar-refractivity contribution in [3.05, 3.63) is 0 Å². The number of halogens is 5. The minimum atomic E-state index is -4.64. The van der Waals surface area contributed by atoms with Gasteiger partial charge in [-0.1, -0.05) is 13.8 Å². The molecule has 0 aromatic rings. The molecule has 0 aromatic carbocycles. The molecule has 0 aromatic heterocycles. The van der Waals surface area contributed by atoms with E-state index in [1.165, 1.54) is 6.92 Å². The molecule has 0 rings (SSSR count). The average molecular weight is 218 g/mol. The molecule has 1 unspecified atom stereocenters. The summed E-state index contributed by atoms with van der Waals surface area (Å²) < 4.78 is 65.2. The van der Waals surface area contributed by atoms with E-state index in [0.717, 1.165) is 6.92 Å². The molecule has 0 saturated carbocycles. The van der Waals surface area contributed by atoms with Crippen LogP contribution in [0.25, 0.3) is 0 Å². The van der Waals surface area contributed by atoms with Gasteiger partial charge < -0.3 is 0 Å².